The molecule has 2 atom stereocenters. The van der Waals surface area contributed by atoms with Gasteiger partial charge in [-0.2, -0.15) is 5.26 Å². The van der Waals surface area contributed by atoms with Gasteiger partial charge in [0.15, 0.2) is 0 Å². The van der Waals surface area contributed by atoms with E-state index < -0.39 is 11.5 Å². The fraction of sp³-hybridized carbons (Fsp3) is 0.300. The van der Waals surface area contributed by atoms with Gasteiger partial charge in [-0.25, -0.2) is 0 Å². The van der Waals surface area contributed by atoms with Gasteiger partial charge in [0, 0.05) is 0 Å². The van der Waals surface area contributed by atoms with Crippen LogP contribution in [0.25, 0.3) is 0 Å². The molecule has 0 radical (unpaired) electrons. The summed E-state index contributed by atoms with van der Waals surface area (Å²) in [7, 11) is 1.56. The summed E-state index contributed by atoms with van der Waals surface area (Å²) < 4.78 is 4.96. The van der Waals surface area contributed by atoms with E-state index in [1.54, 1.807) is 37.4 Å². The Labute approximate surface area is 87.5 Å². The zero-order valence-electron chi connectivity index (χ0n) is 7.64. The Morgan fingerprint density at radius 2 is 2.00 bits per heavy atom. The summed E-state index contributed by atoms with van der Waals surface area (Å²) in [6.07, 6.45) is -0.965. The molecule has 14 heavy (non-hydrogen) atoms. The SMILES string of the molecule is COc1ccc(C(O)C(Cl)C#N)cc1. The second-order valence-electron chi connectivity index (χ2n) is 2.75. The van der Waals surface area contributed by atoms with Crippen molar-refractivity contribution in [1.82, 2.24) is 0 Å². The summed E-state index contributed by atoms with van der Waals surface area (Å²) in [5.74, 6) is 0.698. The minimum atomic E-state index is -0.965. The Bertz CT molecular complexity index is 331. The number of alkyl halides is 1. The van der Waals surface area contributed by atoms with Gasteiger partial charge in [-0.15, -0.1) is 11.6 Å². The second kappa shape index (κ2) is 4.85. The van der Waals surface area contributed by atoms with Crippen LogP contribution < -0.4 is 4.74 Å². The summed E-state index contributed by atoms with van der Waals surface area (Å²) in [5, 5.41) is 17.1. The number of aliphatic hydroxyl groups is 1. The number of rotatable bonds is 3. The molecule has 74 valence electrons. The smallest absolute Gasteiger partial charge is 0.150 e. The molecule has 2 unspecified atom stereocenters. The summed E-state index contributed by atoms with van der Waals surface area (Å²) in [4.78, 5) is 0. The van der Waals surface area contributed by atoms with Gasteiger partial charge < -0.3 is 9.84 Å². The average molecular weight is 212 g/mol. The van der Waals surface area contributed by atoms with E-state index in [4.69, 9.17) is 21.6 Å². The topological polar surface area (TPSA) is 53.2 Å². The number of hydrogen-bond donors (Lipinski definition) is 1. The number of methoxy groups -OCH3 is 1. The largest absolute Gasteiger partial charge is 0.497 e. The fourth-order valence-electron chi connectivity index (χ4n) is 1.04. The Hall–Kier alpha value is -1.24. The lowest BCUT2D eigenvalue weighted by molar-refractivity contribution is 0.186. The Kier molecular flexibility index (Phi) is 3.75. The molecule has 0 fully saturated rings. The normalized spacial score (nSPS) is 14.1. The molecule has 0 bridgehead atoms. The summed E-state index contributed by atoms with van der Waals surface area (Å²) >= 11 is 5.58. The van der Waals surface area contributed by atoms with Gasteiger partial charge in [-0.3, -0.25) is 0 Å². The highest BCUT2D eigenvalue weighted by Crippen LogP contribution is 2.22. The minimum absolute atomic E-state index is 0.604. The van der Waals surface area contributed by atoms with Crippen molar-refractivity contribution < 1.29 is 9.84 Å². The molecule has 0 aliphatic rings. The lowest BCUT2D eigenvalue weighted by Crippen LogP contribution is -2.09. The number of benzene rings is 1. The first-order chi connectivity index (χ1) is 6.69. The zero-order valence-corrected chi connectivity index (χ0v) is 8.40. The van der Waals surface area contributed by atoms with Gasteiger partial charge in [0.05, 0.1) is 13.2 Å². The molecular weight excluding hydrogens is 202 g/mol. The molecule has 0 aliphatic heterocycles. The zero-order chi connectivity index (χ0) is 10.6. The number of hydrogen-bond acceptors (Lipinski definition) is 3. The quantitative estimate of drug-likeness (QED) is 0.777. The molecule has 0 amide bonds. The Morgan fingerprint density at radius 3 is 2.43 bits per heavy atom. The van der Waals surface area contributed by atoms with Crippen LogP contribution in [0.4, 0.5) is 0 Å². The predicted octanol–water partition coefficient (Wildman–Crippen LogP) is 1.86. The minimum Gasteiger partial charge on any atom is -0.497 e. The molecule has 4 heteroatoms. The van der Waals surface area contributed by atoms with E-state index in [0.29, 0.717) is 11.3 Å². The molecule has 1 rings (SSSR count). The van der Waals surface area contributed by atoms with Gasteiger partial charge in [0.1, 0.15) is 17.2 Å². The van der Waals surface area contributed by atoms with Crippen molar-refractivity contribution in [3.8, 4) is 11.8 Å². The first-order valence-corrected chi connectivity index (χ1v) is 4.48. The maximum absolute atomic E-state index is 9.56. The molecule has 1 aromatic carbocycles. The number of nitrogens with zero attached hydrogens (tertiary/aromatic N) is 1. The monoisotopic (exact) mass is 211 g/mol. The molecule has 1 aromatic rings. The van der Waals surface area contributed by atoms with Gasteiger partial charge in [0.25, 0.3) is 0 Å². The van der Waals surface area contributed by atoms with Crippen molar-refractivity contribution in [2.75, 3.05) is 7.11 Å². The van der Waals surface area contributed by atoms with E-state index in [0.717, 1.165) is 0 Å². The van der Waals surface area contributed by atoms with Crippen LogP contribution in [0.1, 0.15) is 11.7 Å². The van der Waals surface area contributed by atoms with Crippen molar-refractivity contribution in [3.63, 3.8) is 0 Å². The molecule has 0 saturated carbocycles. The van der Waals surface area contributed by atoms with Crippen molar-refractivity contribution >= 4 is 11.6 Å². The fourth-order valence-corrected chi connectivity index (χ4v) is 1.19. The molecule has 0 spiro atoms. The van der Waals surface area contributed by atoms with Gasteiger partial charge in [-0.1, -0.05) is 12.1 Å². The van der Waals surface area contributed by atoms with Gasteiger partial charge >= 0.3 is 0 Å². The van der Waals surface area contributed by atoms with Gasteiger partial charge in [-0.05, 0) is 17.7 Å². The van der Waals surface area contributed by atoms with E-state index >= 15 is 0 Å². The highest BCUT2D eigenvalue weighted by molar-refractivity contribution is 6.22. The molecule has 0 saturated heterocycles. The van der Waals surface area contributed by atoms with E-state index in [2.05, 4.69) is 0 Å². The number of ether oxygens (including phenoxy) is 1. The third-order valence-corrected chi connectivity index (χ3v) is 2.19. The standard InChI is InChI=1S/C10H10ClNO2/c1-14-8-4-2-7(3-5-8)10(13)9(11)6-12/h2-5,9-10,13H,1H3. The first-order valence-electron chi connectivity index (χ1n) is 4.04. The average Bonchev–Trinajstić information content (AvgIpc) is 2.27. The van der Waals surface area contributed by atoms with Crippen LogP contribution in [-0.4, -0.2) is 17.6 Å². The number of nitriles is 1. The second-order valence-corrected chi connectivity index (χ2v) is 3.22. The van der Waals surface area contributed by atoms with Crippen LogP contribution in [0.5, 0.6) is 5.75 Å². The van der Waals surface area contributed by atoms with Gasteiger partial charge in [0.2, 0.25) is 0 Å². The highest BCUT2D eigenvalue weighted by Gasteiger charge is 2.17. The van der Waals surface area contributed by atoms with E-state index in [-0.39, 0.29) is 0 Å². The van der Waals surface area contributed by atoms with Crippen molar-refractivity contribution in [3.05, 3.63) is 29.8 Å². The van der Waals surface area contributed by atoms with Crippen molar-refractivity contribution in [2.24, 2.45) is 0 Å². The molecule has 1 N–H and O–H groups in total. The van der Waals surface area contributed by atoms with Crippen LogP contribution in [0.3, 0.4) is 0 Å². The van der Waals surface area contributed by atoms with E-state index in [1.807, 2.05) is 0 Å². The molecule has 0 heterocycles. The van der Waals surface area contributed by atoms with Crippen LogP contribution in [0.15, 0.2) is 24.3 Å². The van der Waals surface area contributed by atoms with Crippen molar-refractivity contribution in [1.29, 1.82) is 5.26 Å². The highest BCUT2D eigenvalue weighted by atomic mass is 35.5. The number of halogens is 1. The maximum atomic E-state index is 9.56. The first kappa shape index (κ1) is 10.8. The Balaban J connectivity index is 2.82. The number of aliphatic hydroxyl groups excluding tert-OH is 1. The summed E-state index contributed by atoms with van der Waals surface area (Å²) in [6, 6.07) is 8.55. The van der Waals surface area contributed by atoms with Crippen LogP contribution in [-0.2, 0) is 0 Å². The third kappa shape index (κ3) is 2.38. The Morgan fingerprint density at radius 1 is 1.43 bits per heavy atom. The van der Waals surface area contributed by atoms with Crippen LogP contribution in [0, 0.1) is 11.3 Å². The van der Waals surface area contributed by atoms with E-state index in [9.17, 15) is 5.11 Å². The predicted molar refractivity (Wildman–Crippen MR) is 53.2 cm³/mol. The van der Waals surface area contributed by atoms with Crippen LogP contribution >= 0.6 is 11.6 Å². The molecular formula is C10H10ClNO2. The maximum Gasteiger partial charge on any atom is 0.150 e. The molecule has 0 aliphatic carbocycles. The lowest BCUT2D eigenvalue weighted by Gasteiger charge is -2.11. The third-order valence-electron chi connectivity index (χ3n) is 1.86. The summed E-state index contributed by atoms with van der Waals surface area (Å²) in [5.41, 5.74) is 0.604. The van der Waals surface area contributed by atoms with Crippen molar-refractivity contribution in [2.45, 2.75) is 11.5 Å². The van der Waals surface area contributed by atoms with Crippen LogP contribution in [0.2, 0.25) is 0 Å². The van der Waals surface area contributed by atoms with E-state index in [1.165, 1.54) is 0 Å². The molecule has 0 aromatic heterocycles. The molecule has 3 nitrogen and oxygen atoms in total. The summed E-state index contributed by atoms with van der Waals surface area (Å²) in [6.45, 7) is 0. The lowest BCUT2D eigenvalue weighted by atomic mass is 10.1.